The number of rotatable bonds is 4. The first-order valence-electron chi connectivity index (χ1n) is 8.53. The minimum absolute atomic E-state index is 0.000977. The normalized spacial score (nSPS) is 11.6. The molecule has 0 fully saturated rings. The van der Waals surface area contributed by atoms with Crippen LogP contribution in [-0.4, -0.2) is 44.7 Å². The number of carbonyl (C=O) groups is 1. The number of anilines is 1. The van der Waals surface area contributed by atoms with E-state index in [0.717, 1.165) is 22.9 Å². The topological polar surface area (TPSA) is 75.4 Å². The maximum Gasteiger partial charge on any atom is 0.253 e. The highest BCUT2D eigenvalue weighted by atomic mass is 16.2. The Morgan fingerprint density at radius 1 is 1.08 bits per heavy atom. The number of nitrogens with zero attached hydrogens (tertiary/aromatic N) is 5. The molecular weight excluding hydrogens is 328 g/mol. The van der Waals surface area contributed by atoms with Crippen LogP contribution in [0, 0.1) is 0 Å². The highest BCUT2D eigenvalue weighted by Crippen LogP contribution is 2.20. The molecule has 26 heavy (non-hydrogen) atoms. The maximum atomic E-state index is 11.9. The number of carbonyl (C=O) groups excluding carboxylic acids is 1. The van der Waals surface area contributed by atoms with E-state index in [0.29, 0.717) is 12.1 Å². The SMILES string of the molecule is CN(C)C(=O)c1ccc(CNc2ccc3nnc(C(C)(C)C)n3n2)cc1. The molecule has 2 aromatic heterocycles. The number of hydrogen-bond donors (Lipinski definition) is 1. The zero-order chi connectivity index (χ0) is 18.9. The van der Waals surface area contributed by atoms with Crippen LogP contribution in [0.1, 0.15) is 42.5 Å². The predicted octanol–water partition coefficient (Wildman–Crippen LogP) is 2.74. The highest BCUT2D eigenvalue weighted by Gasteiger charge is 2.21. The lowest BCUT2D eigenvalue weighted by Crippen LogP contribution is -2.21. The first-order valence-corrected chi connectivity index (χ1v) is 8.53. The molecular formula is C19H24N6O. The van der Waals surface area contributed by atoms with Gasteiger partial charge in [0, 0.05) is 31.6 Å². The summed E-state index contributed by atoms with van der Waals surface area (Å²) in [7, 11) is 3.49. The minimum atomic E-state index is -0.139. The van der Waals surface area contributed by atoms with E-state index < -0.39 is 0 Å². The lowest BCUT2D eigenvalue weighted by Gasteiger charge is -2.15. The van der Waals surface area contributed by atoms with Gasteiger partial charge in [0.2, 0.25) is 0 Å². The molecule has 0 bridgehead atoms. The van der Waals surface area contributed by atoms with E-state index in [1.54, 1.807) is 23.5 Å². The zero-order valence-corrected chi connectivity index (χ0v) is 15.8. The Kier molecular flexibility index (Phi) is 4.63. The summed E-state index contributed by atoms with van der Waals surface area (Å²) in [6.45, 7) is 6.87. The summed E-state index contributed by atoms with van der Waals surface area (Å²) in [4.78, 5) is 13.5. The van der Waals surface area contributed by atoms with Gasteiger partial charge in [0.15, 0.2) is 11.5 Å². The van der Waals surface area contributed by atoms with Crippen molar-refractivity contribution >= 4 is 17.4 Å². The molecule has 0 aliphatic rings. The zero-order valence-electron chi connectivity index (χ0n) is 15.8. The highest BCUT2D eigenvalue weighted by molar-refractivity contribution is 5.93. The third-order valence-corrected chi connectivity index (χ3v) is 4.01. The molecule has 0 saturated heterocycles. The number of fused-ring (bicyclic) bond motifs is 1. The molecule has 0 aliphatic carbocycles. The molecule has 0 radical (unpaired) electrons. The summed E-state index contributed by atoms with van der Waals surface area (Å²) in [6.07, 6.45) is 0. The van der Waals surface area contributed by atoms with E-state index in [4.69, 9.17) is 0 Å². The predicted molar refractivity (Wildman–Crippen MR) is 101 cm³/mol. The van der Waals surface area contributed by atoms with E-state index in [-0.39, 0.29) is 11.3 Å². The third-order valence-electron chi connectivity index (χ3n) is 4.01. The van der Waals surface area contributed by atoms with Crippen molar-refractivity contribution in [2.45, 2.75) is 32.7 Å². The van der Waals surface area contributed by atoms with Crippen molar-refractivity contribution in [2.75, 3.05) is 19.4 Å². The van der Waals surface area contributed by atoms with E-state index in [9.17, 15) is 4.79 Å². The molecule has 1 aromatic carbocycles. The average Bonchev–Trinajstić information content (AvgIpc) is 3.03. The lowest BCUT2D eigenvalue weighted by molar-refractivity contribution is 0.0827. The quantitative estimate of drug-likeness (QED) is 0.781. The smallest absolute Gasteiger partial charge is 0.253 e. The van der Waals surface area contributed by atoms with Gasteiger partial charge in [0.05, 0.1) is 0 Å². The van der Waals surface area contributed by atoms with Crippen LogP contribution in [0.4, 0.5) is 5.82 Å². The molecule has 1 N–H and O–H groups in total. The van der Waals surface area contributed by atoms with Crippen LogP contribution in [0.25, 0.3) is 5.65 Å². The molecule has 1 amide bonds. The van der Waals surface area contributed by atoms with Gasteiger partial charge in [0.25, 0.3) is 5.91 Å². The monoisotopic (exact) mass is 352 g/mol. The fourth-order valence-electron chi connectivity index (χ4n) is 2.57. The van der Waals surface area contributed by atoms with Crippen molar-refractivity contribution in [3.05, 3.63) is 53.3 Å². The first kappa shape index (κ1) is 17.8. The Labute approximate surface area is 153 Å². The molecule has 0 spiro atoms. The molecule has 0 aliphatic heterocycles. The van der Waals surface area contributed by atoms with Gasteiger partial charge < -0.3 is 10.2 Å². The van der Waals surface area contributed by atoms with Crippen LogP contribution in [0.3, 0.4) is 0 Å². The van der Waals surface area contributed by atoms with Gasteiger partial charge in [-0.15, -0.1) is 15.3 Å². The second-order valence-corrected chi connectivity index (χ2v) is 7.51. The van der Waals surface area contributed by atoms with Crippen LogP contribution in [0.2, 0.25) is 0 Å². The molecule has 0 unspecified atom stereocenters. The van der Waals surface area contributed by atoms with Crippen LogP contribution < -0.4 is 5.32 Å². The Morgan fingerprint density at radius 2 is 1.77 bits per heavy atom. The van der Waals surface area contributed by atoms with Gasteiger partial charge in [0.1, 0.15) is 5.82 Å². The Hall–Kier alpha value is -2.96. The standard InChI is InChI=1S/C19H24N6O/c1-19(2,3)18-22-21-16-11-10-15(23-25(16)18)20-12-13-6-8-14(9-7-13)17(26)24(4)5/h6-11H,12H2,1-5H3,(H,20,23). The van der Waals surface area contributed by atoms with Crippen LogP contribution >= 0.6 is 0 Å². The van der Waals surface area contributed by atoms with Gasteiger partial charge in [-0.2, -0.15) is 4.52 Å². The first-order chi connectivity index (χ1) is 12.3. The summed E-state index contributed by atoms with van der Waals surface area (Å²) in [5.41, 5.74) is 2.34. The molecule has 136 valence electrons. The summed E-state index contributed by atoms with van der Waals surface area (Å²) < 4.78 is 1.78. The molecule has 3 aromatic rings. The number of hydrogen-bond acceptors (Lipinski definition) is 5. The molecule has 3 rings (SSSR count). The van der Waals surface area contributed by atoms with Crippen molar-refractivity contribution in [2.24, 2.45) is 0 Å². The van der Waals surface area contributed by atoms with Gasteiger partial charge in [-0.3, -0.25) is 4.79 Å². The van der Waals surface area contributed by atoms with Gasteiger partial charge in [-0.05, 0) is 29.8 Å². The van der Waals surface area contributed by atoms with Crippen molar-refractivity contribution in [1.29, 1.82) is 0 Å². The molecule has 2 heterocycles. The van der Waals surface area contributed by atoms with E-state index in [1.807, 2.05) is 36.4 Å². The average molecular weight is 352 g/mol. The van der Waals surface area contributed by atoms with Crippen LogP contribution in [0.15, 0.2) is 36.4 Å². The molecule has 7 nitrogen and oxygen atoms in total. The van der Waals surface area contributed by atoms with E-state index >= 15 is 0 Å². The van der Waals surface area contributed by atoms with Crippen molar-refractivity contribution in [3.63, 3.8) is 0 Å². The van der Waals surface area contributed by atoms with Crippen molar-refractivity contribution in [1.82, 2.24) is 24.7 Å². The number of benzene rings is 1. The van der Waals surface area contributed by atoms with Crippen LogP contribution in [0.5, 0.6) is 0 Å². The largest absolute Gasteiger partial charge is 0.365 e. The number of aromatic nitrogens is 4. The molecule has 7 heteroatoms. The number of nitrogens with one attached hydrogen (secondary N) is 1. The fraction of sp³-hybridized carbons (Fsp3) is 0.368. The summed E-state index contributed by atoms with van der Waals surface area (Å²) in [6, 6.07) is 11.4. The lowest BCUT2D eigenvalue weighted by atomic mass is 9.96. The Balaban J connectivity index is 1.74. The second-order valence-electron chi connectivity index (χ2n) is 7.51. The second kappa shape index (κ2) is 6.74. The van der Waals surface area contributed by atoms with E-state index in [1.165, 1.54) is 0 Å². The maximum absolute atomic E-state index is 11.9. The number of amides is 1. The summed E-state index contributed by atoms with van der Waals surface area (Å²) >= 11 is 0. The molecule has 0 atom stereocenters. The third kappa shape index (κ3) is 3.66. The van der Waals surface area contributed by atoms with Crippen molar-refractivity contribution in [3.8, 4) is 0 Å². The van der Waals surface area contributed by atoms with Crippen LogP contribution in [-0.2, 0) is 12.0 Å². The fourth-order valence-corrected chi connectivity index (χ4v) is 2.57. The van der Waals surface area contributed by atoms with Gasteiger partial charge >= 0.3 is 0 Å². The summed E-state index contributed by atoms with van der Waals surface area (Å²) in [5.74, 6) is 1.57. The van der Waals surface area contributed by atoms with Gasteiger partial charge in [-0.25, -0.2) is 0 Å². The molecule has 0 saturated carbocycles. The van der Waals surface area contributed by atoms with Crippen molar-refractivity contribution < 1.29 is 4.79 Å². The Bertz CT molecular complexity index is 921. The van der Waals surface area contributed by atoms with Gasteiger partial charge in [-0.1, -0.05) is 32.9 Å². The summed E-state index contributed by atoms with van der Waals surface area (Å²) in [5, 5.41) is 16.3. The minimum Gasteiger partial charge on any atom is -0.365 e. The van der Waals surface area contributed by atoms with E-state index in [2.05, 4.69) is 41.4 Å². The Morgan fingerprint density at radius 3 is 2.38 bits per heavy atom.